The van der Waals surface area contributed by atoms with Gasteiger partial charge in [0.25, 0.3) is 0 Å². The molecule has 4 heterocycles. The predicted molar refractivity (Wildman–Crippen MR) is 109 cm³/mol. The molecule has 0 N–H and O–H groups in total. The van der Waals surface area contributed by atoms with Crippen LogP contribution in [0.2, 0.25) is 5.02 Å². The summed E-state index contributed by atoms with van der Waals surface area (Å²) in [5.41, 5.74) is 5.54. The molecule has 7 heteroatoms. The second kappa shape index (κ2) is 6.73. The lowest BCUT2D eigenvalue weighted by atomic mass is 10.1. The first-order valence-electron chi connectivity index (χ1n) is 9.11. The Morgan fingerprint density at radius 3 is 2.86 bits per heavy atom. The number of fused-ring (bicyclic) bond motifs is 2. The van der Waals surface area contributed by atoms with E-state index in [1.165, 1.54) is 0 Å². The van der Waals surface area contributed by atoms with E-state index in [1.54, 1.807) is 6.20 Å². The van der Waals surface area contributed by atoms with Crippen LogP contribution < -0.4 is 0 Å². The molecule has 1 aromatic carbocycles. The fraction of sp³-hybridized carbons (Fsp3) is 0.143. The molecule has 0 unspecified atom stereocenters. The number of benzene rings is 1. The standard InChI is InChI=1S/C21H17ClN6/c1-2-27-13-16(11-25-27)19-5-6-21-24-12-17(28(21)26-19)9-15-8-14-4-3-7-23-20(14)10-18(15)22/h3-8,10-13H,2,9H2,1H3. The van der Waals surface area contributed by atoms with Gasteiger partial charge in [-0.15, -0.1) is 0 Å². The van der Waals surface area contributed by atoms with Crippen molar-refractivity contribution in [3.63, 3.8) is 0 Å². The Hall–Kier alpha value is -3.25. The third-order valence-electron chi connectivity index (χ3n) is 4.83. The van der Waals surface area contributed by atoms with Crippen molar-refractivity contribution >= 4 is 28.2 Å². The molecule has 5 aromatic rings. The van der Waals surface area contributed by atoms with Crippen molar-refractivity contribution in [2.24, 2.45) is 0 Å². The van der Waals surface area contributed by atoms with E-state index in [1.807, 2.05) is 58.1 Å². The number of halogens is 1. The Balaban J connectivity index is 1.56. The predicted octanol–water partition coefficient (Wildman–Crippen LogP) is 4.41. The zero-order valence-electron chi connectivity index (χ0n) is 15.2. The van der Waals surface area contributed by atoms with Gasteiger partial charge in [0.2, 0.25) is 0 Å². The number of aromatic nitrogens is 6. The fourth-order valence-electron chi connectivity index (χ4n) is 3.34. The van der Waals surface area contributed by atoms with Gasteiger partial charge in [0.05, 0.1) is 29.3 Å². The summed E-state index contributed by atoms with van der Waals surface area (Å²) in [6.07, 6.45) is 8.09. The average molecular weight is 389 g/mol. The molecular formula is C21H17ClN6. The Morgan fingerprint density at radius 2 is 2.00 bits per heavy atom. The molecule has 28 heavy (non-hydrogen) atoms. The minimum atomic E-state index is 0.634. The monoisotopic (exact) mass is 388 g/mol. The number of pyridine rings is 1. The Morgan fingerprint density at radius 1 is 1.07 bits per heavy atom. The largest absolute Gasteiger partial charge is 0.272 e. The summed E-state index contributed by atoms with van der Waals surface area (Å²) >= 11 is 6.52. The van der Waals surface area contributed by atoms with Crippen molar-refractivity contribution < 1.29 is 0 Å². The van der Waals surface area contributed by atoms with Gasteiger partial charge in [-0.1, -0.05) is 17.7 Å². The van der Waals surface area contributed by atoms with Crippen LogP contribution in [0.25, 0.3) is 27.8 Å². The number of nitrogens with zero attached hydrogens (tertiary/aromatic N) is 6. The fourth-order valence-corrected chi connectivity index (χ4v) is 3.56. The quantitative estimate of drug-likeness (QED) is 0.457. The summed E-state index contributed by atoms with van der Waals surface area (Å²) in [4.78, 5) is 8.85. The van der Waals surface area contributed by atoms with Crippen molar-refractivity contribution in [1.82, 2.24) is 29.4 Å². The summed E-state index contributed by atoms with van der Waals surface area (Å²) in [7, 11) is 0. The molecule has 0 bridgehead atoms. The smallest absolute Gasteiger partial charge is 0.153 e. The second-order valence-electron chi connectivity index (χ2n) is 6.64. The highest BCUT2D eigenvalue weighted by atomic mass is 35.5. The molecule has 6 nitrogen and oxygen atoms in total. The first-order chi connectivity index (χ1) is 13.7. The van der Waals surface area contributed by atoms with Gasteiger partial charge in [-0.3, -0.25) is 9.67 Å². The number of rotatable bonds is 4. The van der Waals surface area contributed by atoms with Crippen molar-refractivity contribution in [2.75, 3.05) is 0 Å². The number of imidazole rings is 1. The molecule has 0 atom stereocenters. The molecule has 0 saturated carbocycles. The molecule has 5 rings (SSSR count). The van der Waals surface area contributed by atoms with E-state index in [-0.39, 0.29) is 0 Å². The minimum Gasteiger partial charge on any atom is -0.272 e. The van der Waals surface area contributed by atoms with Crippen molar-refractivity contribution in [3.8, 4) is 11.3 Å². The van der Waals surface area contributed by atoms with Gasteiger partial charge in [0.15, 0.2) is 5.65 Å². The first-order valence-corrected chi connectivity index (χ1v) is 9.48. The van der Waals surface area contributed by atoms with Crippen LogP contribution in [0, 0.1) is 0 Å². The van der Waals surface area contributed by atoms with Gasteiger partial charge < -0.3 is 0 Å². The third-order valence-corrected chi connectivity index (χ3v) is 5.18. The maximum atomic E-state index is 6.52. The van der Waals surface area contributed by atoms with E-state index >= 15 is 0 Å². The lowest BCUT2D eigenvalue weighted by molar-refractivity contribution is 0.660. The summed E-state index contributed by atoms with van der Waals surface area (Å²) in [6.45, 7) is 2.89. The molecule has 0 radical (unpaired) electrons. The van der Waals surface area contributed by atoms with Crippen LogP contribution in [0.15, 0.2) is 61.2 Å². The van der Waals surface area contributed by atoms with Crippen molar-refractivity contribution in [2.45, 2.75) is 19.9 Å². The van der Waals surface area contributed by atoms with Gasteiger partial charge in [-0.25, -0.2) is 9.50 Å². The maximum absolute atomic E-state index is 6.52. The molecule has 0 aliphatic carbocycles. The van der Waals surface area contributed by atoms with E-state index in [0.29, 0.717) is 11.4 Å². The molecule has 0 aliphatic heterocycles. The van der Waals surface area contributed by atoms with E-state index in [0.717, 1.165) is 45.6 Å². The van der Waals surface area contributed by atoms with E-state index in [9.17, 15) is 0 Å². The molecule has 0 aliphatic rings. The lowest BCUT2D eigenvalue weighted by Crippen LogP contribution is -2.01. The topological polar surface area (TPSA) is 60.9 Å². The highest BCUT2D eigenvalue weighted by Gasteiger charge is 2.12. The van der Waals surface area contributed by atoms with Crippen LogP contribution in [0.1, 0.15) is 18.2 Å². The number of hydrogen-bond donors (Lipinski definition) is 0. The van der Waals surface area contributed by atoms with Crippen molar-refractivity contribution in [3.05, 3.63) is 77.5 Å². The van der Waals surface area contributed by atoms with Gasteiger partial charge in [0.1, 0.15) is 0 Å². The van der Waals surface area contributed by atoms with Crippen LogP contribution in [-0.2, 0) is 13.0 Å². The molecule has 138 valence electrons. The first kappa shape index (κ1) is 16.9. The van der Waals surface area contributed by atoms with E-state index in [2.05, 4.69) is 28.1 Å². The zero-order chi connectivity index (χ0) is 19.1. The van der Waals surface area contributed by atoms with Gasteiger partial charge in [-0.05, 0) is 42.8 Å². The Bertz CT molecular complexity index is 1300. The van der Waals surface area contributed by atoms with Crippen LogP contribution in [0.5, 0.6) is 0 Å². The van der Waals surface area contributed by atoms with Gasteiger partial charge in [-0.2, -0.15) is 10.2 Å². The Labute approximate surface area is 166 Å². The molecule has 4 aromatic heterocycles. The zero-order valence-corrected chi connectivity index (χ0v) is 16.0. The molecule has 0 fully saturated rings. The molecule has 0 spiro atoms. The summed E-state index contributed by atoms with van der Waals surface area (Å²) in [5, 5.41) is 10.9. The molecule has 0 amide bonds. The lowest BCUT2D eigenvalue weighted by Gasteiger charge is -2.07. The van der Waals surface area contributed by atoms with Crippen LogP contribution >= 0.6 is 11.6 Å². The SMILES string of the molecule is CCn1cc(-c2ccc3ncc(Cc4cc5cccnc5cc4Cl)n3n2)cn1. The van der Waals surface area contributed by atoms with Gasteiger partial charge >= 0.3 is 0 Å². The summed E-state index contributed by atoms with van der Waals surface area (Å²) < 4.78 is 3.77. The van der Waals surface area contributed by atoms with Crippen molar-refractivity contribution in [1.29, 1.82) is 0 Å². The van der Waals surface area contributed by atoms with E-state index < -0.39 is 0 Å². The van der Waals surface area contributed by atoms with E-state index in [4.69, 9.17) is 16.7 Å². The minimum absolute atomic E-state index is 0.634. The van der Waals surface area contributed by atoms with Gasteiger partial charge in [0, 0.05) is 41.3 Å². The van der Waals surface area contributed by atoms with Crippen LogP contribution in [-0.4, -0.2) is 29.4 Å². The average Bonchev–Trinajstić information content (AvgIpc) is 3.35. The summed E-state index contributed by atoms with van der Waals surface area (Å²) in [5.74, 6) is 0. The molecular weight excluding hydrogens is 372 g/mol. The third kappa shape index (κ3) is 2.92. The van der Waals surface area contributed by atoms with Crippen LogP contribution in [0.4, 0.5) is 0 Å². The van der Waals surface area contributed by atoms with Crippen LogP contribution in [0.3, 0.4) is 0 Å². The summed E-state index contributed by atoms with van der Waals surface area (Å²) in [6, 6.07) is 11.9. The number of aryl methyl sites for hydroxylation is 1. The number of hydrogen-bond acceptors (Lipinski definition) is 4. The Kier molecular flexibility index (Phi) is 4.06. The highest BCUT2D eigenvalue weighted by Crippen LogP contribution is 2.25. The maximum Gasteiger partial charge on any atom is 0.153 e. The second-order valence-corrected chi connectivity index (χ2v) is 7.05. The highest BCUT2D eigenvalue weighted by molar-refractivity contribution is 6.32. The normalized spacial score (nSPS) is 11.5. The molecule has 0 saturated heterocycles.